The van der Waals surface area contributed by atoms with Gasteiger partial charge < -0.3 is 5.73 Å². The Hall–Kier alpha value is -1.31. The second-order valence-electron chi connectivity index (χ2n) is 2.68. The van der Waals surface area contributed by atoms with Gasteiger partial charge in [0.05, 0.1) is 0 Å². The van der Waals surface area contributed by atoms with Crippen LogP contribution in [0.2, 0.25) is 0 Å². The van der Waals surface area contributed by atoms with Crippen LogP contribution in [0.5, 0.6) is 0 Å². The molecule has 66 valence electrons. The van der Waals surface area contributed by atoms with Gasteiger partial charge >= 0.3 is 0 Å². The summed E-state index contributed by atoms with van der Waals surface area (Å²) in [7, 11) is 0. The molecule has 0 aromatic heterocycles. The van der Waals surface area contributed by atoms with Crippen LogP contribution in [0.15, 0.2) is 35.6 Å². The summed E-state index contributed by atoms with van der Waals surface area (Å²) in [6.45, 7) is 8.62. The molecule has 0 saturated carbocycles. The van der Waals surface area contributed by atoms with E-state index in [0.29, 0.717) is 11.3 Å². The van der Waals surface area contributed by atoms with Crippen LogP contribution < -0.4 is 5.73 Å². The Morgan fingerprint density at radius 1 is 1.33 bits per heavy atom. The van der Waals surface area contributed by atoms with Crippen LogP contribution in [0, 0.1) is 0 Å². The molecule has 0 aromatic carbocycles. The number of hydrogen-bond acceptors (Lipinski definition) is 2. The predicted molar refractivity (Wildman–Crippen MR) is 51.5 cm³/mol. The fourth-order valence-corrected chi connectivity index (χ4v) is 0.752. The van der Waals surface area contributed by atoms with E-state index in [9.17, 15) is 4.79 Å². The molecule has 0 aliphatic heterocycles. The molecule has 0 atom stereocenters. The maximum absolute atomic E-state index is 10.9. The third-order valence-electron chi connectivity index (χ3n) is 1.72. The van der Waals surface area contributed by atoms with Crippen molar-refractivity contribution in [3.63, 3.8) is 0 Å². The molecule has 2 nitrogen and oxygen atoms in total. The number of carbonyl (C=O) groups is 1. The highest BCUT2D eigenvalue weighted by Gasteiger charge is 2.03. The van der Waals surface area contributed by atoms with Crippen molar-refractivity contribution < 1.29 is 4.79 Å². The zero-order valence-corrected chi connectivity index (χ0v) is 7.85. The quantitative estimate of drug-likeness (QED) is 0.513. The summed E-state index contributed by atoms with van der Waals surface area (Å²) >= 11 is 0. The highest BCUT2D eigenvalue weighted by Crippen LogP contribution is 2.09. The molecular formula is C10H15NO. The van der Waals surface area contributed by atoms with Crippen LogP contribution in [0.25, 0.3) is 0 Å². The fourth-order valence-electron chi connectivity index (χ4n) is 0.752. The zero-order chi connectivity index (χ0) is 9.72. The zero-order valence-electron chi connectivity index (χ0n) is 7.85. The normalized spacial score (nSPS) is 13.8. The Balaban J connectivity index is 4.90. The van der Waals surface area contributed by atoms with Gasteiger partial charge in [-0.1, -0.05) is 18.7 Å². The van der Waals surface area contributed by atoms with Crippen molar-refractivity contribution in [3.8, 4) is 0 Å². The molecule has 12 heavy (non-hydrogen) atoms. The van der Waals surface area contributed by atoms with Crippen LogP contribution in [-0.2, 0) is 4.79 Å². The lowest BCUT2D eigenvalue weighted by atomic mass is 10.1. The molecule has 0 unspecified atom stereocenters. The van der Waals surface area contributed by atoms with Gasteiger partial charge in [-0.25, -0.2) is 0 Å². The van der Waals surface area contributed by atoms with Crippen LogP contribution in [0.1, 0.15) is 20.8 Å². The average Bonchev–Trinajstić information content (AvgIpc) is 2.02. The van der Waals surface area contributed by atoms with Crippen LogP contribution in [0.4, 0.5) is 0 Å². The molecule has 0 bridgehead atoms. The maximum atomic E-state index is 10.9. The van der Waals surface area contributed by atoms with Crippen molar-refractivity contribution in [2.75, 3.05) is 0 Å². The number of hydrogen-bond donors (Lipinski definition) is 1. The number of Topliss-reactive ketones (excluding diaryl/α,β-unsaturated/α-hetero) is 1. The predicted octanol–water partition coefficient (Wildman–Crippen LogP) is 1.94. The minimum atomic E-state index is 0.00399. The molecule has 2 N–H and O–H groups in total. The summed E-state index contributed by atoms with van der Waals surface area (Å²) in [6.07, 6.45) is 3.43. The summed E-state index contributed by atoms with van der Waals surface area (Å²) in [5.74, 6) is 0.00399. The monoisotopic (exact) mass is 165 g/mol. The second kappa shape index (κ2) is 4.54. The van der Waals surface area contributed by atoms with E-state index >= 15 is 0 Å². The molecule has 0 amide bonds. The lowest BCUT2D eigenvalue weighted by Crippen LogP contribution is -2.07. The standard InChI is InChI=1S/C10H15NO/c1-5-6-7(2)10(11)8(3)9(4)12/h5-6H,1,11H2,2-4H3/b7-6-,10-8-. The van der Waals surface area contributed by atoms with E-state index in [1.54, 1.807) is 19.1 Å². The van der Waals surface area contributed by atoms with E-state index in [4.69, 9.17) is 5.73 Å². The van der Waals surface area contributed by atoms with Crippen molar-refractivity contribution >= 4 is 5.78 Å². The van der Waals surface area contributed by atoms with Crippen molar-refractivity contribution in [2.24, 2.45) is 5.73 Å². The Labute approximate surface area is 73.5 Å². The van der Waals surface area contributed by atoms with Crippen molar-refractivity contribution in [1.29, 1.82) is 0 Å². The van der Waals surface area contributed by atoms with Crippen molar-refractivity contribution in [2.45, 2.75) is 20.8 Å². The molecule has 0 heterocycles. The number of allylic oxidation sites excluding steroid dienone is 4. The number of ketones is 1. The van der Waals surface area contributed by atoms with E-state index in [1.807, 2.05) is 6.92 Å². The Morgan fingerprint density at radius 3 is 2.17 bits per heavy atom. The maximum Gasteiger partial charge on any atom is 0.157 e. The first-order valence-corrected chi connectivity index (χ1v) is 3.77. The minimum Gasteiger partial charge on any atom is -0.398 e. The van der Waals surface area contributed by atoms with E-state index < -0.39 is 0 Å². The summed E-state index contributed by atoms with van der Waals surface area (Å²) < 4.78 is 0. The van der Waals surface area contributed by atoms with Gasteiger partial charge in [0.1, 0.15) is 0 Å². The third-order valence-corrected chi connectivity index (χ3v) is 1.72. The van der Waals surface area contributed by atoms with Gasteiger partial charge in [-0.15, -0.1) is 0 Å². The van der Waals surface area contributed by atoms with Crippen LogP contribution >= 0.6 is 0 Å². The Kier molecular flexibility index (Phi) is 4.05. The molecule has 0 aromatic rings. The molecule has 0 aliphatic rings. The lowest BCUT2D eigenvalue weighted by molar-refractivity contribution is -0.113. The first-order chi connectivity index (χ1) is 5.50. The van der Waals surface area contributed by atoms with Gasteiger partial charge in [-0.05, 0) is 26.3 Å². The van der Waals surface area contributed by atoms with Gasteiger partial charge in [0, 0.05) is 11.3 Å². The first-order valence-electron chi connectivity index (χ1n) is 3.77. The Morgan fingerprint density at radius 2 is 1.83 bits per heavy atom. The smallest absolute Gasteiger partial charge is 0.157 e. The molecule has 2 heteroatoms. The van der Waals surface area contributed by atoms with Crippen molar-refractivity contribution in [1.82, 2.24) is 0 Å². The summed E-state index contributed by atoms with van der Waals surface area (Å²) in [5.41, 5.74) is 7.71. The highest BCUT2D eigenvalue weighted by molar-refractivity contribution is 5.93. The summed E-state index contributed by atoms with van der Waals surface area (Å²) in [4.78, 5) is 10.9. The molecule has 0 radical (unpaired) electrons. The van der Waals surface area contributed by atoms with Crippen molar-refractivity contribution in [3.05, 3.63) is 35.6 Å². The van der Waals surface area contributed by atoms with E-state index in [-0.39, 0.29) is 5.78 Å². The lowest BCUT2D eigenvalue weighted by Gasteiger charge is -2.03. The minimum absolute atomic E-state index is 0.00399. The van der Waals surface area contributed by atoms with Crippen LogP contribution in [0.3, 0.4) is 0 Å². The van der Waals surface area contributed by atoms with E-state index in [0.717, 1.165) is 5.57 Å². The van der Waals surface area contributed by atoms with Gasteiger partial charge in [-0.2, -0.15) is 0 Å². The molecule has 0 rings (SSSR count). The molecular weight excluding hydrogens is 150 g/mol. The van der Waals surface area contributed by atoms with Crippen LogP contribution in [-0.4, -0.2) is 5.78 Å². The summed E-state index contributed by atoms with van der Waals surface area (Å²) in [6, 6.07) is 0. The second-order valence-corrected chi connectivity index (χ2v) is 2.68. The van der Waals surface area contributed by atoms with Gasteiger partial charge in [0.2, 0.25) is 0 Å². The average molecular weight is 165 g/mol. The fraction of sp³-hybridized carbons (Fsp3) is 0.300. The van der Waals surface area contributed by atoms with Gasteiger partial charge in [0.25, 0.3) is 0 Å². The Bertz CT molecular complexity index is 259. The largest absolute Gasteiger partial charge is 0.398 e. The van der Waals surface area contributed by atoms with Gasteiger partial charge in [-0.3, -0.25) is 4.79 Å². The summed E-state index contributed by atoms with van der Waals surface area (Å²) in [5, 5.41) is 0. The topological polar surface area (TPSA) is 43.1 Å². The number of rotatable bonds is 3. The van der Waals surface area contributed by atoms with E-state index in [1.165, 1.54) is 6.92 Å². The highest BCUT2D eigenvalue weighted by atomic mass is 16.1. The van der Waals surface area contributed by atoms with Gasteiger partial charge in [0.15, 0.2) is 5.78 Å². The first kappa shape index (κ1) is 10.7. The molecule has 0 aliphatic carbocycles. The van der Waals surface area contributed by atoms with E-state index in [2.05, 4.69) is 6.58 Å². The number of nitrogens with two attached hydrogens (primary N) is 1. The molecule has 0 saturated heterocycles. The number of carbonyl (C=O) groups excluding carboxylic acids is 1. The molecule has 0 spiro atoms. The SMILES string of the molecule is C=C/C=C(C)\C(N)=C(/C)C(C)=O. The third kappa shape index (κ3) is 2.74. The molecule has 0 fully saturated rings.